The molecule has 1 atom stereocenters. The summed E-state index contributed by atoms with van der Waals surface area (Å²) in [5, 5.41) is 8.85. The molecule has 2 amide bonds. The number of carbonyl (C=O) groups is 3. The molecule has 1 fully saturated rings. The fourth-order valence-electron chi connectivity index (χ4n) is 2.80. The van der Waals surface area contributed by atoms with Crippen LogP contribution in [0.4, 0.5) is 0 Å². The summed E-state index contributed by atoms with van der Waals surface area (Å²) in [6.07, 6.45) is 3.83. The number of carboxylic acids is 1. The van der Waals surface area contributed by atoms with Crippen molar-refractivity contribution in [2.75, 3.05) is 6.54 Å². The van der Waals surface area contributed by atoms with Gasteiger partial charge < -0.3 is 5.11 Å². The highest BCUT2D eigenvalue weighted by molar-refractivity contribution is 5.95. The summed E-state index contributed by atoms with van der Waals surface area (Å²) >= 11 is 0. The Morgan fingerprint density at radius 3 is 2.10 bits per heavy atom. The van der Waals surface area contributed by atoms with Crippen LogP contribution in [-0.2, 0) is 14.4 Å². The lowest BCUT2D eigenvalue weighted by atomic mass is 9.76. The van der Waals surface area contributed by atoms with Crippen molar-refractivity contribution in [2.45, 2.75) is 65.7 Å². The molecule has 1 aliphatic rings. The number of carboxylic acid groups (broad SMARTS) is 1. The van der Waals surface area contributed by atoms with Gasteiger partial charge in [-0.05, 0) is 37.0 Å². The lowest BCUT2D eigenvalue weighted by Crippen LogP contribution is -2.38. The van der Waals surface area contributed by atoms with Gasteiger partial charge in [-0.3, -0.25) is 19.3 Å². The first-order valence-corrected chi connectivity index (χ1v) is 7.77. The van der Waals surface area contributed by atoms with E-state index in [2.05, 4.69) is 20.8 Å². The van der Waals surface area contributed by atoms with Gasteiger partial charge in [0.1, 0.15) is 0 Å². The quantitative estimate of drug-likeness (QED) is 0.765. The van der Waals surface area contributed by atoms with Crippen molar-refractivity contribution < 1.29 is 19.5 Å². The van der Waals surface area contributed by atoms with Gasteiger partial charge in [0.25, 0.3) is 0 Å². The maximum absolute atomic E-state index is 12.0. The molecule has 0 aromatic carbocycles. The number of hydrogen-bond donors (Lipinski definition) is 1. The van der Waals surface area contributed by atoms with E-state index in [1.54, 1.807) is 0 Å². The molecule has 5 nitrogen and oxygen atoms in total. The number of aliphatic carboxylic acids is 1. The van der Waals surface area contributed by atoms with Crippen LogP contribution < -0.4 is 0 Å². The van der Waals surface area contributed by atoms with E-state index in [4.69, 9.17) is 5.11 Å². The zero-order valence-corrected chi connectivity index (χ0v) is 13.4. The first-order valence-electron chi connectivity index (χ1n) is 7.77. The Bertz CT molecular complexity index is 380. The summed E-state index contributed by atoms with van der Waals surface area (Å²) in [6, 6.07) is 0. The van der Waals surface area contributed by atoms with Crippen molar-refractivity contribution in [3.8, 4) is 0 Å². The predicted octanol–water partition coefficient (Wildman–Crippen LogP) is 2.83. The summed E-state index contributed by atoms with van der Waals surface area (Å²) in [6.45, 7) is 6.64. The van der Waals surface area contributed by atoms with E-state index in [0.29, 0.717) is 32.2 Å². The molecule has 0 radical (unpaired) electrons. The predicted molar refractivity (Wildman–Crippen MR) is 79.6 cm³/mol. The van der Waals surface area contributed by atoms with Gasteiger partial charge in [-0.15, -0.1) is 0 Å². The smallest absolute Gasteiger partial charge is 0.303 e. The molecule has 21 heavy (non-hydrogen) atoms. The van der Waals surface area contributed by atoms with Crippen LogP contribution in [0.2, 0.25) is 0 Å². The molecular formula is C16H27NO4. The summed E-state index contributed by atoms with van der Waals surface area (Å²) < 4.78 is 0. The number of likely N-dealkylation sites (tertiary alicyclic amines) is 1. The molecule has 0 aliphatic carbocycles. The zero-order valence-electron chi connectivity index (χ0n) is 13.4. The first kappa shape index (κ1) is 17.7. The first-order chi connectivity index (χ1) is 9.71. The molecule has 0 aromatic rings. The lowest BCUT2D eigenvalue weighted by Gasteiger charge is -2.32. The van der Waals surface area contributed by atoms with Crippen molar-refractivity contribution >= 4 is 17.8 Å². The van der Waals surface area contributed by atoms with E-state index in [1.807, 2.05) is 0 Å². The SMILES string of the molecule is CC(C)(C)C(CCC(=O)O)CCN1C(=O)CCCCC1=O. The van der Waals surface area contributed by atoms with Gasteiger partial charge in [0.05, 0.1) is 0 Å². The van der Waals surface area contributed by atoms with Crippen LogP contribution in [0.3, 0.4) is 0 Å². The standard InChI is InChI=1S/C16H27NO4/c1-16(2,3)12(8-9-15(20)21)10-11-17-13(18)6-4-5-7-14(17)19/h12H,4-11H2,1-3H3,(H,20,21). The van der Waals surface area contributed by atoms with Crippen LogP contribution in [0.15, 0.2) is 0 Å². The Labute approximate surface area is 126 Å². The third-order valence-corrected chi connectivity index (χ3v) is 4.27. The highest BCUT2D eigenvalue weighted by Crippen LogP contribution is 2.33. The number of hydrogen-bond acceptors (Lipinski definition) is 3. The van der Waals surface area contributed by atoms with Crippen LogP contribution in [-0.4, -0.2) is 34.3 Å². The fraction of sp³-hybridized carbons (Fsp3) is 0.812. The van der Waals surface area contributed by atoms with Crippen molar-refractivity contribution in [1.82, 2.24) is 4.90 Å². The maximum atomic E-state index is 12.0. The molecule has 5 heteroatoms. The largest absolute Gasteiger partial charge is 0.481 e. The van der Waals surface area contributed by atoms with Crippen molar-refractivity contribution in [3.05, 3.63) is 0 Å². The molecule has 1 N–H and O–H groups in total. The van der Waals surface area contributed by atoms with Crippen LogP contribution in [0, 0.1) is 11.3 Å². The number of amides is 2. The van der Waals surface area contributed by atoms with Gasteiger partial charge in [-0.25, -0.2) is 0 Å². The number of carbonyl (C=O) groups excluding carboxylic acids is 2. The number of nitrogens with zero attached hydrogens (tertiary/aromatic N) is 1. The fourth-order valence-corrected chi connectivity index (χ4v) is 2.80. The zero-order chi connectivity index (χ0) is 16.0. The van der Waals surface area contributed by atoms with Gasteiger partial charge >= 0.3 is 5.97 Å². The van der Waals surface area contributed by atoms with E-state index in [1.165, 1.54) is 4.90 Å². The molecule has 0 bridgehead atoms. The normalized spacial score (nSPS) is 18.5. The molecule has 1 saturated heterocycles. The maximum Gasteiger partial charge on any atom is 0.303 e. The van der Waals surface area contributed by atoms with Gasteiger partial charge in [0.2, 0.25) is 11.8 Å². The molecule has 0 saturated carbocycles. The Balaban J connectivity index is 2.64. The monoisotopic (exact) mass is 297 g/mol. The molecule has 1 heterocycles. The van der Waals surface area contributed by atoms with Gasteiger partial charge in [-0.1, -0.05) is 20.8 Å². The van der Waals surface area contributed by atoms with E-state index in [0.717, 1.165) is 12.8 Å². The van der Waals surface area contributed by atoms with Gasteiger partial charge in [-0.2, -0.15) is 0 Å². The average Bonchev–Trinajstić information content (AvgIpc) is 2.50. The summed E-state index contributed by atoms with van der Waals surface area (Å²) in [7, 11) is 0. The molecule has 120 valence electrons. The minimum absolute atomic E-state index is 0.0343. The second-order valence-corrected chi connectivity index (χ2v) is 6.93. The molecule has 0 aromatic heterocycles. The Kier molecular flexibility index (Phi) is 6.37. The minimum Gasteiger partial charge on any atom is -0.481 e. The topological polar surface area (TPSA) is 74.7 Å². The Hall–Kier alpha value is -1.39. The molecular weight excluding hydrogens is 270 g/mol. The molecule has 1 unspecified atom stereocenters. The molecule has 0 spiro atoms. The summed E-state index contributed by atoms with van der Waals surface area (Å²) in [5.41, 5.74) is -0.0343. The van der Waals surface area contributed by atoms with E-state index in [9.17, 15) is 14.4 Å². The van der Waals surface area contributed by atoms with Crippen molar-refractivity contribution in [3.63, 3.8) is 0 Å². The highest BCUT2D eigenvalue weighted by Gasteiger charge is 2.29. The van der Waals surface area contributed by atoms with E-state index in [-0.39, 0.29) is 29.6 Å². The van der Waals surface area contributed by atoms with Crippen molar-refractivity contribution in [2.24, 2.45) is 11.3 Å². The van der Waals surface area contributed by atoms with Gasteiger partial charge in [0.15, 0.2) is 0 Å². The number of rotatable bonds is 6. The number of imide groups is 1. The van der Waals surface area contributed by atoms with Crippen LogP contribution in [0.1, 0.15) is 65.7 Å². The third kappa shape index (κ3) is 5.86. The van der Waals surface area contributed by atoms with E-state index >= 15 is 0 Å². The third-order valence-electron chi connectivity index (χ3n) is 4.27. The van der Waals surface area contributed by atoms with Crippen LogP contribution in [0.25, 0.3) is 0 Å². The Morgan fingerprint density at radius 2 is 1.67 bits per heavy atom. The second kappa shape index (κ2) is 7.57. The summed E-state index contributed by atoms with van der Waals surface area (Å²) in [5.74, 6) is -0.782. The Morgan fingerprint density at radius 1 is 1.14 bits per heavy atom. The lowest BCUT2D eigenvalue weighted by molar-refractivity contribution is -0.144. The molecule has 1 aliphatic heterocycles. The second-order valence-electron chi connectivity index (χ2n) is 6.93. The molecule has 1 rings (SSSR count). The van der Waals surface area contributed by atoms with Crippen LogP contribution >= 0.6 is 0 Å². The minimum atomic E-state index is -0.800. The van der Waals surface area contributed by atoms with Gasteiger partial charge in [0, 0.05) is 25.8 Å². The average molecular weight is 297 g/mol. The highest BCUT2D eigenvalue weighted by atomic mass is 16.4. The van der Waals surface area contributed by atoms with Crippen LogP contribution in [0.5, 0.6) is 0 Å². The van der Waals surface area contributed by atoms with E-state index < -0.39 is 5.97 Å². The van der Waals surface area contributed by atoms with Crippen molar-refractivity contribution in [1.29, 1.82) is 0 Å². The summed E-state index contributed by atoms with van der Waals surface area (Å²) in [4.78, 5) is 36.1.